The number of ketones is 1. The van der Waals surface area contributed by atoms with Gasteiger partial charge >= 0.3 is 0 Å². The van der Waals surface area contributed by atoms with Gasteiger partial charge in [-0.2, -0.15) is 0 Å². The fraction of sp³-hybridized carbons (Fsp3) is 0.167. The Morgan fingerprint density at radius 2 is 1.73 bits per heavy atom. The third-order valence-corrected chi connectivity index (χ3v) is 4.65. The van der Waals surface area contributed by atoms with Gasteiger partial charge in [0.2, 0.25) is 5.79 Å². The number of allylic oxidation sites excluding steroid dienone is 2. The van der Waals surface area contributed by atoms with E-state index in [0.717, 1.165) is 9.13 Å². The van der Waals surface area contributed by atoms with E-state index in [1.54, 1.807) is 19.3 Å². The van der Waals surface area contributed by atoms with Crippen LogP contribution in [0.25, 0.3) is 10.8 Å². The Kier molecular flexibility index (Phi) is 4.42. The predicted molar refractivity (Wildman–Crippen MR) is 94.5 cm³/mol. The molecule has 0 aromatic heterocycles. The fourth-order valence-corrected chi connectivity index (χ4v) is 3.01. The van der Waals surface area contributed by atoms with Gasteiger partial charge in [-0.05, 0) is 75.4 Å². The van der Waals surface area contributed by atoms with Gasteiger partial charge in [0.15, 0.2) is 5.78 Å². The first kappa shape index (κ1) is 15.4. The second-order valence-corrected chi connectivity index (χ2v) is 6.24. The van der Waals surface area contributed by atoms with Crippen LogP contribution in [0.15, 0.2) is 60.7 Å². The highest BCUT2D eigenvalue weighted by atomic mass is 127. The van der Waals surface area contributed by atoms with E-state index in [0.29, 0.717) is 6.61 Å². The van der Waals surface area contributed by atoms with Gasteiger partial charge in [0, 0.05) is 10.7 Å². The summed E-state index contributed by atoms with van der Waals surface area (Å²) in [5, 5.41) is 2.39. The van der Waals surface area contributed by atoms with E-state index >= 15 is 0 Å². The van der Waals surface area contributed by atoms with Gasteiger partial charge < -0.3 is 9.47 Å². The lowest BCUT2D eigenvalue weighted by Gasteiger charge is -2.27. The van der Waals surface area contributed by atoms with Crippen molar-refractivity contribution in [2.75, 3.05) is 7.11 Å². The van der Waals surface area contributed by atoms with Crippen molar-refractivity contribution in [3.8, 4) is 0 Å². The summed E-state index contributed by atoms with van der Waals surface area (Å²) in [4.78, 5) is 11.3. The molecule has 22 heavy (non-hydrogen) atoms. The summed E-state index contributed by atoms with van der Waals surface area (Å²) >= 11 is 2.31. The van der Waals surface area contributed by atoms with Crippen LogP contribution >= 0.6 is 22.6 Å². The first-order valence-electron chi connectivity index (χ1n) is 6.91. The van der Waals surface area contributed by atoms with Crippen molar-refractivity contribution in [3.05, 3.63) is 69.8 Å². The number of carbonyl (C=O) groups is 1. The number of halogens is 1. The molecule has 0 unspecified atom stereocenters. The SMILES string of the molecule is COC1(OCc2cc3ccccc3cc2I)C=CC(=O)C=C1. The van der Waals surface area contributed by atoms with Crippen LogP contribution in [0.3, 0.4) is 0 Å². The number of fused-ring (bicyclic) bond motifs is 1. The minimum atomic E-state index is -0.970. The summed E-state index contributed by atoms with van der Waals surface area (Å²) in [5.74, 6) is -1.03. The predicted octanol–water partition coefficient (Wildman–Crippen LogP) is 4.00. The highest BCUT2D eigenvalue weighted by Crippen LogP contribution is 2.26. The third-order valence-electron chi connectivity index (χ3n) is 3.65. The molecule has 2 aromatic rings. The molecule has 3 nitrogen and oxygen atoms in total. The molecule has 0 bridgehead atoms. The number of benzene rings is 2. The lowest BCUT2D eigenvalue weighted by Crippen LogP contribution is -2.32. The number of rotatable bonds is 4. The zero-order valence-corrected chi connectivity index (χ0v) is 14.2. The zero-order valence-electron chi connectivity index (χ0n) is 12.1. The highest BCUT2D eigenvalue weighted by Gasteiger charge is 2.27. The Bertz CT molecular complexity index is 761. The molecule has 0 spiro atoms. The minimum Gasteiger partial charge on any atom is -0.346 e. The van der Waals surface area contributed by atoms with Crippen LogP contribution in [-0.4, -0.2) is 18.7 Å². The van der Waals surface area contributed by atoms with Crippen LogP contribution in [0.4, 0.5) is 0 Å². The molecule has 1 aliphatic carbocycles. The molecule has 0 atom stereocenters. The van der Waals surface area contributed by atoms with Crippen molar-refractivity contribution in [1.82, 2.24) is 0 Å². The molecular formula is C18H15IO3. The summed E-state index contributed by atoms with van der Waals surface area (Å²) < 4.78 is 12.5. The van der Waals surface area contributed by atoms with Crippen molar-refractivity contribution in [1.29, 1.82) is 0 Å². The number of carbonyl (C=O) groups excluding carboxylic acids is 1. The Hall–Kier alpha value is -1.50. The van der Waals surface area contributed by atoms with Crippen molar-refractivity contribution in [3.63, 3.8) is 0 Å². The number of ether oxygens (including phenoxy) is 2. The summed E-state index contributed by atoms with van der Waals surface area (Å²) in [6.45, 7) is 0.403. The molecule has 112 valence electrons. The largest absolute Gasteiger partial charge is 0.346 e. The Morgan fingerprint density at radius 3 is 2.36 bits per heavy atom. The van der Waals surface area contributed by atoms with E-state index in [1.807, 2.05) is 12.1 Å². The summed E-state index contributed by atoms with van der Waals surface area (Å²) in [5.41, 5.74) is 1.09. The Morgan fingerprint density at radius 1 is 1.09 bits per heavy atom. The molecule has 1 aliphatic rings. The van der Waals surface area contributed by atoms with Crippen molar-refractivity contribution in [2.24, 2.45) is 0 Å². The van der Waals surface area contributed by atoms with Gasteiger partial charge in [-0.3, -0.25) is 4.79 Å². The monoisotopic (exact) mass is 406 g/mol. The molecular weight excluding hydrogens is 391 g/mol. The van der Waals surface area contributed by atoms with Gasteiger partial charge in [0.25, 0.3) is 0 Å². The lowest BCUT2D eigenvalue weighted by atomic mass is 10.1. The van der Waals surface area contributed by atoms with E-state index < -0.39 is 5.79 Å². The molecule has 3 rings (SSSR count). The standard InChI is InChI=1S/C18H15IO3/c1-21-18(8-6-16(20)7-9-18)22-12-15-10-13-4-2-3-5-14(13)11-17(15)19/h2-11H,12H2,1H3. The highest BCUT2D eigenvalue weighted by molar-refractivity contribution is 14.1. The first-order valence-corrected chi connectivity index (χ1v) is 7.98. The fourth-order valence-electron chi connectivity index (χ4n) is 2.36. The van der Waals surface area contributed by atoms with Gasteiger partial charge in [0.05, 0.1) is 6.61 Å². The normalized spacial score (nSPS) is 16.4. The van der Waals surface area contributed by atoms with Gasteiger partial charge in [-0.25, -0.2) is 0 Å². The average Bonchev–Trinajstić information content (AvgIpc) is 2.55. The molecule has 0 N–H and O–H groups in total. The van der Waals surface area contributed by atoms with Gasteiger partial charge in [-0.1, -0.05) is 24.3 Å². The van der Waals surface area contributed by atoms with Crippen LogP contribution in [0.2, 0.25) is 0 Å². The molecule has 2 aromatic carbocycles. The summed E-state index contributed by atoms with van der Waals surface area (Å²) in [6, 6.07) is 12.5. The Balaban J connectivity index is 1.84. The lowest BCUT2D eigenvalue weighted by molar-refractivity contribution is -0.162. The van der Waals surface area contributed by atoms with Crippen LogP contribution < -0.4 is 0 Å². The maximum absolute atomic E-state index is 11.3. The number of hydrogen-bond donors (Lipinski definition) is 0. The van der Waals surface area contributed by atoms with Crippen molar-refractivity contribution in [2.45, 2.75) is 12.4 Å². The molecule has 0 aliphatic heterocycles. The van der Waals surface area contributed by atoms with Crippen LogP contribution in [0.5, 0.6) is 0 Å². The topological polar surface area (TPSA) is 35.5 Å². The van der Waals surface area contributed by atoms with E-state index in [4.69, 9.17) is 9.47 Å². The number of methoxy groups -OCH3 is 1. The van der Waals surface area contributed by atoms with Crippen LogP contribution in [0.1, 0.15) is 5.56 Å². The second-order valence-electron chi connectivity index (χ2n) is 5.07. The smallest absolute Gasteiger partial charge is 0.208 e. The van der Waals surface area contributed by atoms with Crippen molar-refractivity contribution < 1.29 is 14.3 Å². The third kappa shape index (κ3) is 3.14. The Labute approximate surface area is 142 Å². The number of hydrogen-bond acceptors (Lipinski definition) is 3. The minimum absolute atomic E-state index is 0.0587. The molecule has 4 heteroatoms. The van der Waals surface area contributed by atoms with Crippen LogP contribution in [-0.2, 0) is 20.9 Å². The summed E-state index contributed by atoms with van der Waals surface area (Å²) in [6.07, 6.45) is 6.22. The van der Waals surface area contributed by atoms with Gasteiger partial charge in [-0.15, -0.1) is 0 Å². The van der Waals surface area contributed by atoms with E-state index in [-0.39, 0.29) is 5.78 Å². The molecule has 0 amide bonds. The maximum Gasteiger partial charge on any atom is 0.208 e. The second kappa shape index (κ2) is 6.32. The van der Waals surface area contributed by atoms with Gasteiger partial charge in [0.1, 0.15) is 0 Å². The average molecular weight is 406 g/mol. The molecule has 0 radical (unpaired) electrons. The van der Waals surface area contributed by atoms with E-state index in [2.05, 4.69) is 46.9 Å². The zero-order chi connectivity index (χ0) is 15.6. The van der Waals surface area contributed by atoms with E-state index in [9.17, 15) is 4.79 Å². The quantitative estimate of drug-likeness (QED) is 0.569. The maximum atomic E-state index is 11.3. The summed E-state index contributed by atoms with van der Waals surface area (Å²) in [7, 11) is 1.57. The van der Waals surface area contributed by atoms with E-state index in [1.165, 1.54) is 22.9 Å². The molecule has 0 fully saturated rings. The van der Waals surface area contributed by atoms with Crippen molar-refractivity contribution >= 4 is 39.1 Å². The molecule has 0 heterocycles. The molecule has 0 saturated heterocycles. The van der Waals surface area contributed by atoms with Crippen LogP contribution in [0, 0.1) is 3.57 Å². The first-order chi connectivity index (χ1) is 10.6. The molecule has 0 saturated carbocycles.